The summed E-state index contributed by atoms with van der Waals surface area (Å²) < 4.78 is 1.01. The van der Waals surface area contributed by atoms with Gasteiger partial charge in [0, 0.05) is 6.04 Å². The quantitative estimate of drug-likeness (QED) is 0.471. The van der Waals surface area contributed by atoms with E-state index in [4.69, 9.17) is 0 Å². The van der Waals surface area contributed by atoms with E-state index < -0.39 is 0 Å². The second-order valence-electron chi connectivity index (χ2n) is 5.70. The molecule has 0 saturated carbocycles. The zero-order valence-electron chi connectivity index (χ0n) is 11.2. The second kappa shape index (κ2) is 5.72. The first-order chi connectivity index (χ1) is 6.28. The highest BCUT2D eigenvalue weighted by atomic mass is 15.4. The maximum atomic E-state index is 2.47. The monoisotopic (exact) mass is 201 g/mol. The van der Waals surface area contributed by atoms with Gasteiger partial charge in [0.05, 0.1) is 21.1 Å². The number of hydrogen-bond acceptors (Lipinski definition) is 1. The lowest BCUT2D eigenvalue weighted by Gasteiger charge is -2.35. The highest BCUT2D eigenvalue weighted by Gasteiger charge is 2.20. The number of rotatable bonds is 6. The van der Waals surface area contributed by atoms with Crippen molar-refractivity contribution in [1.82, 2.24) is 4.90 Å². The zero-order chi connectivity index (χ0) is 11.4. The van der Waals surface area contributed by atoms with E-state index in [1.807, 2.05) is 0 Å². The van der Waals surface area contributed by atoms with Gasteiger partial charge in [-0.3, -0.25) is 4.90 Å². The van der Waals surface area contributed by atoms with Crippen LogP contribution in [0.15, 0.2) is 0 Å². The smallest absolute Gasteiger partial charge is 0.134 e. The Bertz CT molecular complexity index is 149. The summed E-state index contributed by atoms with van der Waals surface area (Å²) in [5.41, 5.74) is 0. The lowest BCUT2D eigenvalue weighted by Crippen LogP contribution is -2.48. The summed E-state index contributed by atoms with van der Waals surface area (Å²) in [7, 11) is 8.97. The molecule has 0 aromatic carbocycles. The Morgan fingerprint density at radius 1 is 1.14 bits per heavy atom. The number of quaternary nitrogens is 1. The molecular formula is C12H29N2+. The predicted octanol–water partition coefficient (Wildman–Crippen LogP) is 2.41. The fraction of sp³-hybridized carbons (Fsp3) is 1.00. The van der Waals surface area contributed by atoms with Crippen LogP contribution in [0.2, 0.25) is 0 Å². The molecule has 0 aliphatic carbocycles. The molecule has 1 unspecified atom stereocenters. The Kier molecular flexibility index (Phi) is 5.68. The van der Waals surface area contributed by atoms with Gasteiger partial charge in [0.1, 0.15) is 6.67 Å². The van der Waals surface area contributed by atoms with Crippen molar-refractivity contribution in [1.29, 1.82) is 0 Å². The van der Waals surface area contributed by atoms with Gasteiger partial charge in [0.2, 0.25) is 0 Å². The van der Waals surface area contributed by atoms with Gasteiger partial charge in [0.25, 0.3) is 0 Å². The Morgan fingerprint density at radius 2 is 1.64 bits per heavy atom. The molecule has 0 aromatic heterocycles. The molecule has 14 heavy (non-hydrogen) atoms. The lowest BCUT2D eigenvalue weighted by molar-refractivity contribution is -0.881. The Balaban J connectivity index is 4.04. The van der Waals surface area contributed by atoms with Crippen molar-refractivity contribution in [3.05, 3.63) is 0 Å². The molecule has 0 aliphatic heterocycles. The normalized spacial score (nSPS) is 17.1. The molecular weight excluding hydrogens is 172 g/mol. The summed E-state index contributed by atoms with van der Waals surface area (Å²) in [6, 6.07) is 0.687. The standard InChI is InChI=1S/C12H29N2/c1-8-9-11(2)12(3)13(4)10-14(5,6)7/h11-12H,8-10H2,1-7H3/q+1/t11?,12-/m0/s1. The van der Waals surface area contributed by atoms with E-state index in [2.05, 4.69) is 53.9 Å². The van der Waals surface area contributed by atoms with Crippen LogP contribution in [0, 0.1) is 5.92 Å². The van der Waals surface area contributed by atoms with Crippen LogP contribution in [0.3, 0.4) is 0 Å². The fourth-order valence-corrected chi connectivity index (χ4v) is 1.93. The molecule has 0 spiro atoms. The SMILES string of the molecule is CCCC(C)[C@H](C)N(C)C[N+](C)(C)C. The van der Waals surface area contributed by atoms with Crippen LogP contribution in [-0.2, 0) is 0 Å². The van der Waals surface area contributed by atoms with Crippen LogP contribution >= 0.6 is 0 Å². The average molecular weight is 201 g/mol. The van der Waals surface area contributed by atoms with Crippen LogP contribution < -0.4 is 0 Å². The average Bonchev–Trinajstić information content (AvgIpc) is 2.00. The van der Waals surface area contributed by atoms with Gasteiger partial charge in [-0.15, -0.1) is 0 Å². The number of hydrogen-bond donors (Lipinski definition) is 0. The minimum atomic E-state index is 0.687. The molecule has 0 aliphatic rings. The molecule has 0 N–H and O–H groups in total. The first-order valence-corrected chi connectivity index (χ1v) is 5.78. The van der Waals surface area contributed by atoms with Gasteiger partial charge in [-0.2, -0.15) is 0 Å². The van der Waals surface area contributed by atoms with E-state index in [1.54, 1.807) is 0 Å². The van der Waals surface area contributed by atoms with Crippen molar-refractivity contribution >= 4 is 0 Å². The third kappa shape index (κ3) is 5.61. The highest BCUT2D eigenvalue weighted by molar-refractivity contribution is 4.67. The van der Waals surface area contributed by atoms with Gasteiger partial charge in [-0.1, -0.05) is 20.3 Å². The largest absolute Gasteiger partial charge is 0.318 e. The first kappa shape index (κ1) is 13.9. The van der Waals surface area contributed by atoms with Gasteiger partial charge >= 0.3 is 0 Å². The van der Waals surface area contributed by atoms with Gasteiger partial charge in [-0.25, -0.2) is 0 Å². The van der Waals surface area contributed by atoms with E-state index in [0.717, 1.165) is 17.1 Å². The molecule has 0 amide bonds. The Morgan fingerprint density at radius 3 is 2.00 bits per heavy atom. The van der Waals surface area contributed by atoms with Crippen molar-refractivity contribution in [2.24, 2.45) is 5.92 Å². The maximum Gasteiger partial charge on any atom is 0.134 e. The maximum absolute atomic E-state index is 2.47. The third-order valence-corrected chi connectivity index (χ3v) is 2.91. The molecule has 0 saturated heterocycles. The van der Waals surface area contributed by atoms with Crippen LogP contribution in [0.25, 0.3) is 0 Å². The van der Waals surface area contributed by atoms with Gasteiger partial charge < -0.3 is 4.48 Å². The zero-order valence-corrected chi connectivity index (χ0v) is 11.2. The summed E-state index contributed by atoms with van der Waals surface area (Å²) >= 11 is 0. The fourth-order valence-electron chi connectivity index (χ4n) is 1.93. The van der Waals surface area contributed by atoms with Gasteiger partial charge in [-0.05, 0) is 26.3 Å². The van der Waals surface area contributed by atoms with Crippen LogP contribution in [0.5, 0.6) is 0 Å². The minimum absolute atomic E-state index is 0.687. The van der Waals surface area contributed by atoms with Crippen LogP contribution in [-0.4, -0.2) is 50.3 Å². The van der Waals surface area contributed by atoms with E-state index >= 15 is 0 Å². The lowest BCUT2D eigenvalue weighted by atomic mass is 9.97. The predicted molar refractivity (Wildman–Crippen MR) is 64.2 cm³/mol. The van der Waals surface area contributed by atoms with Crippen molar-refractivity contribution < 1.29 is 4.48 Å². The molecule has 2 heteroatoms. The van der Waals surface area contributed by atoms with E-state index in [9.17, 15) is 0 Å². The summed E-state index contributed by atoms with van der Waals surface area (Å²) in [5.74, 6) is 0.802. The highest BCUT2D eigenvalue weighted by Crippen LogP contribution is 2.15. The van der Waals surface area contributed by atoms with Crippen LogP contribution in [0.4, 0.5) is 0 Å². The molecule has 0 aromatic rings. The minimum Gasteiger partial charge on any atom is -0.318 e. The van der Waals surface area contributed by atoms with Crippen molar-refractivity contribution in [3.63, 3.8) is 0 Å². The summed E-state index contributed by atoms with van der Waals surface area (Å²) in [6.07, 6.45) is 2.63. The van der Waals surface area contributed by atoms with E-state index in [0.29, 0.717) is 6.04 Å². The Labute approximate surface area is 90.5 Å². The molecule has 2 atom stereocenters. The topological polar surface area (TPSA) is 3.24 Å². The molecule has 0 heterocycles. The molecule has 2 nitrogen and oxygen atoms in total. The first-order valence-electron chi connectivity index (χ1n) is 5.78. The molecule has 0 fully saturated rings. The molecule has 0 rings (SSSR count). The third-order valence-electron chi connectivity index (χ3n) is 2.91. The van der Waals surface area contributed by atoms with Crippen molar-refractivity contribution in [3.8, 4) is 0 Å². The van der Waals surface area contributed by atoms with E-state index in [-0.39, 0.29) is 0 Å². The molecule has 0 radical (unpaired) electrons. The summed E-state index contributed by atoms with van der Waals surface area (Å²) in [5, 5.41) is 0. The molecule has 86 valence electrons. The van der Waals surface area contributed by atoms with Gasteiger partial charge in [0.15, 0.2) is 0 Å². The van der Waals surface area contributed by atoms with E-state index in [1.165, 1.54) is 12.8 Å². The summed E-state index contributed by atoms with van der Waals surface area (Å²) in [6.45, 7) is 8.09. The number of nitrogens with zero attached hydrogens (tertiary/aromatic N) is 2. The summed E-state index contributed by atoms with van der Waals surface area (Å²) in [4.78, 5) is 2.47. The van der Waals surface area contributed by atoms with Crippen LogP contribution in [0.1, 0.15) is 33.6 Å². The van der Waals surface area contributed by atoms with Crippen molar-refractivity contribution in [2.75, 3.05) is 34.9 Å². The molecule has 0 bridgehead atoms. The Hall–Kier alpha value is -0.0800. The van der Waals surface area contributed by atoms with Crippen molar-refractivity contribution in [2.45, 2.75) is 39.7 Å². The second-order valence-corrected chi connectivity index (χ2v) is 5.70.